The van der Waals surface area contributed by atoms with Gasteiger partial charge in [0.15, 0.2) is 0 Å². The molecule has 1 saturated carbocycles. The molecule has 0 N–H and O–H groups in total. The number of hydrogen-bond acceptors (Lipinski definition) is 3. The molecule has 33 heavy (non-hydrogen) atoms. The van der Waals surface area contributed by atoms with Crippen molar-refractivity contribution < 1.29 is 4.79 Å². The van der Waals surface area contributed by atoms with E-state index in [4.69, 9.17) is 11.6 Å². The Kier molecular flexibility index (Phi) is 6.52. The third kappa shape index (κ3) is 4.57. The summed E-state index contributed by atoms with van der Waals surface area (Å²) in [5, 5.41) is 0.723. The Morgan fingerprint density at radius 2 is 1.61 bits per heavy atom. The fourth-order valence-corrected chi connectivity index (χ4v) is 5.56. The number of amides is 1. The molecule has 1 saturated heterocycles. The summed E-state index contributed by atoms with van der Waals surface area (Å²) in [5.74, 6) is 1.32. The normalized spacial score (nSPS) is 18.5. The number of benzene rings is 2. The molecule has 172 valence electrons. The number of aromatic nitrogens is 2. The lowest BCUT2D eigenvalue weighted by Crippen LogP contribution is -2.54. The highest BCUT2D eigenvalue weighted by molar-refractivity contribution is 6.30. The number of halogens is 1. The molecule has 1 amide bonds. The van der Waals surface area contributed by atoms with Gasteiger partial charge in [-0.25, -0.2) is 4.98 Å². The highest BCUT2D eigenvalue weighted by Crippen LogP contribution is 2.43. The van der Waals surface area contributed by atoms with E-state index >= 15 is 0 Å². The largest absolute Gasteiger partial charge is 0.339 e. The Hall–Kier alpha value is -2.63. The van der Waals surface area contributed by atoms with Crippen molar-refractivity contribution in [2.45, 2.75) is 37.6 Å². The van der Waals surface area contributed by atoms with Crippen LogP contribution in [0, 0.1) is 0 Å². The van der Waals surface area contributed by atoms with Crippen LogP contribution < -0.4 is 0 Å². The number of nitrogens with zero attached hydrogens (tertiary/aromatic N) is 4. The number of rotatable bonds is 6. The zero-order chi connectivity index (χ0) is 22.7. The molecule has 1 aliphatic heterocycles. The Morgan fingerprint density at radius 1 is 0.909 bits per heavy atom. The molecular weight excluding hydrogens is 432 g/mol. The molecule has 1 aliphatic carbocycles. The van der Waals surface area contributed by atoms with Crippen molar-refractivity contribution in [1.82, 2.24) is 19.4 Å². The molecular formula is C27H31ClN4O. The van der Waals surface area contributed by atoms with Gasteiger partial charge >= 0.3 is 0 Å². The standard InChI is InChI=1S/C27H31ClN4O/c28-24-10-8-23(9-11-24)27(12-4-5-13-27)26(33)32-20-17-30(18-21-32)16-19-31-15-14-29-25(31)22-6-2-1-3-7-22/h1-3,6-11,14-15H,4-5,12-13,16-21H2. The lowest BCUT2D eigenvalue weighted by atomic mass is 9.77. The topological polar surface area (TPSA) is 41.4 Å². The molecule has 0 atom stereocenters. The van der Waals surface area contributed by atoms with Crippen molar-refractivity contribution >= 4 is 17.5 Å². The van der Waals surface area contributed by atoms with E-state index in [0.29, 0.717) is 5.91 Å². The van der Waals surface area contributed by atoms with Crippen molar-refractivity contribution in [2.75, 3.05) is 32.7 Å². The van der Waals surface area contributed by atoms with Crippen molar-refractivity contribution in [3.8, 4) is 11.4 Å². The van der Waals surface area contributed by atoms with Gasteiger partial charge in [0, 0.05) is 62.2 Å². The van der Waals surface area contributed by atoms with E-state index in [9.17, 15) is 4.79 Å². The second-order valence-corrected chi connectivity index (χ2v) is 9.68. The number of carbonyl (C=O) groups excluding carboxylic acids is 1. The molecule has 0 spiro atoms. The van der Waals surface area contributed by atoms with Crippen molar-refractivity contribution in [3.05, 3.63) is 77.6 Å². The minimum atomic E-state index is -0.367. The van der Waals surface area contributed by atoms with Gasteiger partial charge in [-0.05, 0) is 30.5 Å². The van der Waals surface area contributed by atoms with Crippen LogP contribution in [0.3, 0.4) is 0 Å². The molecule has 2 heterocycles. The average molecular weight is 463 g/mol. The number of carbonyl (C=O) groups is 1. The summed E-state index contributed by atoms with van der Waals surface area (Å²) in [6.45, 7) is 5.27. The summed E-state index contributed by atoms with van der Waals surface area (Å²) in [6, 6.07) is 18.3. The zero-order valence-electron chi connectivity index (χ0n) is 19.0. The van der Waals surface area contributed by atoms with E-state index in [1.54, 1.807) is 0 Å². The second kappa shape index (κ2) is 9.70. The van der Waals surface area contributed by atoms with Crippen LogP contribution in [0.5, 0.6) is 0 Å². The third-order valence-corrected chi connectivity index (χ3v) is 7.58. The van der Waals surface area contributed by atoms with Gasteiger partial charge in [-0.1, -0.05) is 66.9 Å². The Bertz CT molecular complexity index is 1070. The third-order valence-electron chi connectivity index (χ3n) is 7.33. The predicted octanol–water partition coefficient (Wildman–Crippen LogP) is 4.86. The molecule has 5 nitrogen and oxygen atoms in total. The van der Waals surface area contributed by atoms with E-state index < -0.39 is 0 Å². The summed E-state index contributed by atoms with van der Waals surface area (Å²) in [7, 11) is 0. The first-order valence-electron chi connectivity index (χ1n) is 12.0. The first-order valence-corrected chi connectivity index (χ1v) is 12.4. The van der Waals surface area contributed by atoms with E-state index in [-0.39, 0.29) is 5.41 Å². The van der Waals surface area contributed by atoms with Crippen LogP contribution in [-0.4, -0.2) is 58.0 Å². The fourth-order valence-electron chi connectivity index (χ4n) is 5.44. The number of piperazine rings is 1. The Labute approximate surface area is 201 Å². The van der Waals surface area contributed by atoms with Crippen LogP contribution in [0.25, 0.3) is 11.4 Å². The van der Waals surface area contributed by atoms with Crippen molar-refractivity contribution in [3.63, 3.8) is 0 Å². The monoisotopic (exact) mass is 462 g/mol. The minimum absolute atomic E-state index is 0.308. The van der Waals surface area contributed by atoms with Gasteiger partial charge in [-0.3, -0.25) is 9.69 Å². The molecule has 1 aromatic heterocycles. The predicted molar refractivity (Wildman–Crippen MR) is 132 cm³/mol. The van der Waals surface area contributed by atoms with Gasteiger partial charge < -0.3 is 9.47 Å². The summed E-state index contributed by atoms with van der Waals surface area (Å²) in [5.41, 5.74) is 1.90. The second-order valence-electron chi connectivity index (χ2n) is 9.24. The molecule has 2 aliphatic rings. The highest BCUT2D eigenvalue weighted by Gasteiger charge is 2.45. The summed E-state index contributed by atoms with van der Waals surface area (Å²) >= 11 is 6.11. The fraction of sp³-hybridized carbons (Fsp3) is 0.407. The van der Waals surface area contributed by atoms with Crippen LogP contribution >= 0.6 is 11.6 Å². The highest BCUT2D eigenvalue weighted by atomic mass is 35.5. The maximum absolute atomic E-state index is 13.7. The lowest BCUT2D eigenvalue weighted by Gasteiger charge is -2.40. The number of imidazole rings is 1. The molecule has 6 heteroatoms. The Morgan fingerprint density at radius 3 is 2.30 bits per heavy atom. The first kappa shape index (κ1) is 22.2. The molecule has 0 unspecified atom stereocenters. The van der Waals surface area contributed by atoms with E-state index in [1.165, 1.54) is 0 Å². The van der Waals surface area contributed by atoms with Gasteiger partial charge in [0.2, 0.25) is 5.91 Å². The van der Waals surface area contributed by atoms with Crippen molar-refractivity contribution in [1.29, 1.82) is 0 Å². The van der Waals surface area contributed by atoms with Gasteiger partial charge in [0.05, 0.1) is 5.41 Å². The maximum Gasteiger partial charge on any atom is 0.233 e. The number of hydrogen-bond donors (Lipinski definition) is 0. The van der Waals surface area contributed by atoms with Gasteiger partial charge in [0.1, 0.15) is 5.82 Å². The molecule has 2 aromatic carbocycles. The van der Waals surface area contributed by atoms with E-state index in [0.717, 1.165) is 86.9 Å². The van der Waals surface area contributed by atoms with Gasteiger partial charge in [0.25, 0.3) is 0 Å². The average Bonchev–Trinajstić information content (AvgIpc) is 3.54. The van der Waals surface area contributed by atoms with Gasteiger partial charge in [-0.15, -0.1) is 0 Å². The lowest BCUT2D eigenvalue weighted by molar-refractivity contribution is -0.139. The molecule has 5 rings (SSSR count). The van der Waals surface area contributed by atoms with Crippen LogP contribution in [0.2, 0.25) is 5.02 Å². The summed E-state index contributed by atoms with van der Waals surface area (Å²) in [6.07, 6.45) is 8.04. The Balaban J connectivity index is 1.20. The van der Waals surface area contributed by atoms with E-state index in [2.05, 4.69) is 49.8 Å². The molecule has 0 bridgehead atoms. The zero-order valence-corrected chi connectivity index (χ0v) is 19.8. The summed E-state index contributed by atoms with van der Waals surface area (Å²) in [4.78, 5) is 22.8. The van der Waals surface area contributed by atoms with Crippen LogP contribution in [0.1, 0.15) is 31.2 Å². The van der Waals surface area contributed by atoms with Crippen LogP contribution in [-0.2, 0) is 16.8 Å². The first-order chi connectivity index (χ1) is 16.2. The molecule has 0 radical (unpaired) electrons. The quantitative estimate of drug-likeness (QED) is 0.525. The smallest absolute Gasteiger partial charge is 0.233 e. The van der Waals surface area contributed by atoms with Crippen LogP contribution in [0.15, 0.2) is 67.0 Å². The SMILES string of the molecule is O=C(N1CCN(CCn2ccnc2-c2ccccc2)CC1)C1(c2ccc(Cl)cc2)CCCC1. The molecule has 2 fully saturated rings. The van der Waals surface area contributed by atoms with Gasteiger partial charge in [-0.2, -0.15) is 0 Å². The minimum Gasteiger partial charge on any atom is -0.339 e. The van der Waals surface area contributed by atoms with E-state index in [1.807, 2.05) is 36.5 Å². The maximum atomic E-state index is 13.7. The van der Waals surface area contributed by atoms with Crippen molar-refractivity contribution in [2.24, 2.45) is 0 Å². The van der Waals surface area contributed by atoms with Crippen LogP contribution in [0.4, 0.5) is 0 Å². The molecule has 3 aromatic rings. The summed E-state index contributed by atoms with van der Waals surface area (Å²) < 4.78 is 2.22.